The number of nitrogens with one attached hydrogen (secondary N) is 1. The second kappa shape index (κ2) is 19.5. The van der Waals surface area contributed by atoms with E-state index in [1.165, 1.54) is 46.3 Å². The van der Waals surface area contributed by atoms with Gasteiger partial charge in [0.15, 0.2) is 6.29 Å². The fourth-order valence-corrected chi connectivity index (χ4v) is 4.67. The minimum atomic E-state index is -4.35. The molecule has 16 heteroatoms. The first-order valence-corrected chi connectivity index (χ1v) is 16.1. The Morgan fingerprint density at radius 2 is 1.07 bits per heavy atom. The number of pyridine rings is 2. The molecule has 0 radical (unpaired) electrons. The van der Waals surface area contributed by atoms with Crippen molar-refractivity contribution >= 4 is 30.5 Å². The van der Waals surface area contributed by atoms with Crippen LogP contribution in [0.25, 0.3) is 22.3 Å². The van der Waals surface area contributed by atoms with Crippen molar-refractivity contribution in [1.29, 1.82) is 0 Å². The van der Waals surface area contributed by atoms with Crippen LogP contribution in [0.15, 0.2) is 85.2 Å². The van der Waals surface area contributed by atoms with Gasteiger partial charge in [0, 0.05) is 47.1 Å². The number of aldehydes is 1. The molecular weight excluding hydrogens is 738 g/mol. The highest BCUT2D eigenvalue weighted by Crippen LogP contribution is 2.32. The van der Waals surface area contributed by atoms with Crippen LogP contribution >= 0.6 is 12.4 Å². The number of nitrogens with two attached hydrogens (primary N) is 1. The second-order valence-electron chi connectivity index (χ2n) is 13.4. The average Bonchev–Trinajstić information content (AvgIpc) is 3.09. The molecule has 0 aliphatic rings. The molecule has 2 aromatic heterocycles. The van der Waals surface area contributed by atoms with Gasteiger partial charge in [0.2, 0.25) is 11.8 Å². The van der Waals surface area contributed by atoms with Gasteiger partial charge < -0.3 is 15.5 Å². The molecule has 0 spiro atoms. The van der Waals surface area contributed by atoms with Gasteiger partial charge in [0.1, 0.15) is 5.69 Å². The maximum absolute atomic E-state index is 12.7. The van der Waals surface area contributed by atoms with Crippen molar-refractivity contribution in [3.8, 4) is 22.3 Å². The highest BCUT2D eigenvalue weighted by molar-refractivity contribution is 5.86. The van der Waals surface area contributed by atoms with Gasteiger partial charge >= 0.3 is 12.4 Å². The van der Waals surface area contributed by atoms with Crippen LogP contribution in [0.2, 0.25) is 0 Å². The molecule has 294 valence electrons. The summed E-state index contributed by atoms with van der Waals surface area (Å²) in [7, 11) is 6.76. The number of alkyl halides is 6. The number of carbonyl (C=O) groups excluding carboxylic acids is 3. The Balaban J connectivity index is 0.000000451. The molecule has 9 nitrogen and oxygen atoms in total. The molecule has 0 fully saturated rings. The number of hydrogen-bond donors (Lipinski definition) is 2. The quantitative estimate of drug-likeness (QED) is 0.140. The molecule has 4 rings (SSSR count). The number of amides is 2. The van der Waals surface area contributed by atoms with Gasteiger partial charge in [0.25, 0.3) is 0 Å². The third kappa shape index (κ3) is 14.5. The van der Waals surface area contributed by atoms with Crippen LogP contribution in [-0.2, 0) is 28.5 Å². The summed E-state index contributed by atoms with van der Waals surface area (Å²) >= 11 is 0. The summed E-state index contributed by atoms with van der Waals surface area (Å²) in [5.74, 6) is -0.112. The molecule has 0 aliphatic heterocycles. The Labute approximate surface area is 317 Å². The van der Waals surface area contributed by atoms with E-state index in [9.17, 15) is 40.7 Å². The van der Waals surface area contributed by atoms with E-state index >= 15 is 0 Å². The molecule has 3 N–H and O–H groups in total. The molecule has 0 aliphatic carbocycles. The highest BCUT2D eigenvalue weighted by Gasteiger charge is 2.31. The minimum absolute atomic E-state index is 0. The van der Waals surface area contributed by atoms with Gasteiger partial charge in [-0.3, -0.25) is 29.7 Å². The van der Waals surface area contributed by atoms with Gasteiger partial charge in [-0.1, -0.05) is 24.3 Å². The van der Waals surface area contributed by atoms with Crippen molar-refractivity contribution in [3.05, 3.63) is 108 Å². The Kier molecular flexibility index (Phi) is 17.0. The fraction of sp³-hybridized carbons (Fsp3) is 0.342. The van der Waals surface area contributed by atoms with Crippen LogP contribution in [0, 0.1) is 0 Å². The molecule has 2 amide bonds. The van der Waals surface area contributed by atoms with Crippen LogP contribution in [0.4, 0.5) is 26.3 Å². The van der Waals surface area contributed by atoms with E-state index in [0.717, 1.165) is 29.8 Å². The van der Waals surface area contributed by atoms with E-state index in [4.69, 9.17) is 5.73 Å². The summed E-state index contributed by atoms with van der Waals surface area (Å²) in [6.07, 6.45) is -5.06. The Morgan fingerprint density at radius 1 is 0.667 bits per heavy atom. The topological polar surface area (TPSA) is 122 Å². The van der Waals surface area contributed by atoms with Crippen molar-refractivity contribution in [3.63, 3.8) is 0 Å². The fourth-order valence-electron chi connectivity index (χ4n) is 4.67. The summed E-state index contributed by atoms with van der Waals surface area (Å²) in [4.78, 5) is 44.7. The Morgan fingerprint density at radius 3 is 1.43 bits per heavy atom. The molecule has 54 heavy (non-hydrogen) atoms. The summed E-state index contributed by atoms with van der Waals surface area (Å²) in [5.41, 5.74) is 6.26. The first-order valence-electron chi connectivity index (χ1n) is 16.1. The molecule has 0 bridgehead atoms. The van der Waals surface area contributed by atoms with Gasteiger partial charge in [-0.05, 0) is 98.5 Å². The molecular formula is C38H45ClF6N6O3. The second-order valence-corrected chi connectivity index (χ2v) is 13.4. The molecule has 2 heterocycles. The lowest BCUT2D eigenvalue weighted by Gasteiger charge is -2.28. The van der Waals surface area contributed by atoms with E-state index in [2.05, 4.69) is 15.3 Å². The lowest BCUT2D eigenvalue weighted by Crippen LogP contribution is -2.51. The lowest BCUT2D eigenvalue weighted by atomic mass is 10.0. The number of likely N-dealkylation sites (N-methyl/N-ethyl adjacent to an activating group) is 2. The summed E-state index contributed by atoms with van der Waals surface area (Å²) in [5, 5.41) is 3.16. The summed E-state index contributed by atoms with van der Waals surface area (Å²) in [6.45, 7) is 7.32. The number of halogens is 7. The standard InChI is InChI=1S/C19H22F3N3O.C13H8F3NO.C6H14N2O.ClH/c1-18(2,17(26)25(3)4)24-12-16-11-14(9-10-23-16)13-5-7-15(8-6-13)19(20,21)22;14-13(15,16)11-3-1-9(2-4-11)10-5-6-17-12(7-10)8-18;1-6(2,7)5(9)8(3)4;/h5-11,24H,12H2,1-4H3;1-8H;7H2,1-4H3;1H. The van der Waals surface area contributed by atoms with Crippen LogP contribution in [0.3, 0.4) is 0 Å². The molecule has 0 unspecified atom stereocenters. The molecule has 0 saturated carbocycles. The molecule has 2 aromatic carbocycles. The van der Waals surface area contributed by atoms with Gasteiger partial charge in [-0.25, -0.2) is 0 Å². The predicted octanol–water partition coefficient (Wildman–Crippen LogP) is 7.54. The monoisotopic (exact) mass is 782 g/mol. The van der Waals surface area contributed by atoms with Crippen molar-refractivity contribution < 1.29 is 40.7 Å². The van der Waals surface area contributed by atoms with Crippen LogP contribution in [0.5, 0.6) is 0 Å². The van der Waals surface area contributed by atoms with Crippen molar-refractivity contribution in [2.45, 2.75) is 57.7 Å². The Bertz CT molecular complexity index is 1820. The number of carbonyl (C=O) groups is 3. The maximum atomic E-state index is 12.7. The van der Waals surface area contributed by atoms with Crippen LogP contribution < -0.4 is 11.1 Å². The first-order chi connectivity index (χ1) is 24.4. The number of aromatic nitrogens is 2. The average molecular weight is 783 g/mol. The predicted molar refractivity (Wildman–Crippen MR) is 199 cm³/mol. The lowest BCUT2D eigenvalue weighted by molar-refractivity contribution is -0.138. The van der Waals surface area contributed by atoms with Crippen molar-refractivity contribution in [1.82, 2.24) is 25.1 Å². The third-order valence-corrected chi connectivity index (χ3v) is 7.42. The normalized spacial score (nSPS) is 11.5. The summed E-state index contributed by atoms with van der Waals surface area (Å²) < 4.78 is 75.2. The van der Waals surface area contributed by atoms with Crippen LogP contribution in [-0.4, -0.2) is 77.1 Å². The smallest absolute Gasteiger partial charge is 0.347 e. The number of nitrogens with zero attached hydrogens (tertiary/aromatic N) is 4. The van der Waals surface area contributed by atoms with Crippen molar-refractivity contribution in [2.75, 3.05) is 28.2 Å². The zero-order valence-electron chi connectivity index (χ0n) is 31.1. The molecule has 0 saturated heterocycles. The van der Waals surface area contributed by atoms with Crippen molar-refractivity contribution in [2.24, 2.45) is 5.73 Å². The highest BCUT2D eigenvalue weighted by atomic mass is 35.5. The van der Waals surface area contributed by atoms with Crippen LogP contribution in [0.1, 0.15) is 55.0 Å². The van der Waals surface area contributed by atoms with E-state index in [-0.39, 0.29) is 29.9 Å². The first kappa shape index (κ1) is 47.2. The zero-order chi connectivity index (χ0) is 40.4. The Hall–Kier alpha value is -4.86. The van der Waals surface area contributed by atoms with Gasteiger partial charge in [-0.15, -0.1) is 12.4 Å². The minimum Gasteiger partial charge on any atom is -0.347 e. The number of rotatable bonds is 8. The largest absolute Gasteiger partial charge is 0.416 e. The van der Waals surface area contributed by atoms with E-state index in [0.29, 0.717) is 35.2 Å². The molecule has 0 atom stereocenters. The number of hydrogen-bond acceptors (Lipinski definition) is 7. The van der Waals surface area contributed by atoms with E-state index in [1.54, 1.807) is 80.3 Å². The van der Waals surface area contributed by atoms with E-state index < -0.39 is 34.6 Å². The maximum Gasteiger partial charge on any atom is 0.416 e. The molecule has 4 aromatic rings. The van der Waals surface area contributed by atoms with E-state index in [1.807, 2.05) is 0 Å². The number of benzene rings is 2. The third-order valence-electron chi connectivity index (χ3n) is 7.42. The summed E-state index contributed by atoms with van der Waals surface area (Å²) in [6, 6.07) is 16.5. The SMILES string of the molecule is CN(C)C(=O)C(C)(C)N.CN(C)C(=O)C(C)(C)NCc1cc(-c2ccc(C(F)(F)F)cc2)ccn1.Cl.O=Cc1cc(-c2ccc(C(F)(F)F)cc2)ccn1. The zero-order valence-corrected chi connectivity index (χ0v) is 32.0. The van der Waals surface area contributed by atoms with Gasteiger partial charge in [-0.2, -0.15) is 26.3 Å². The van der Waals surface area contributed by atoms with Gasteiger partial charge in [0.05, 0.1) is 27.9 Å².